The molecule has 3 aromatic carbocycles. The van der Waals surface area contributed by atoms with E-state index in [2.05, 4.69) is 4.90 Å². The van der Waals surface area contributed by atoms with E-state index < -0.39 is 24.0 Å². The molecule has 4 heterocycles. The van der Waals surface area contributed by atoms with Crippen LogP contribution < -0.4 is 19.1 Å². The Morgan fingerprint density at radius 1 is 0.960 bits per heavy atom. The van der Waals surface area contributed by atoms with Crippen molar-refractivity contribution in [1.82, 2.24) is 4.90 Å². The SMILES string of the molecule is COc1ccc([C@H](Cc2c(Cl)c[n+]([O-])cc2Cl)OC(=O)c2ccc(CN(C(=O)O[C@H]3CN4CCC3CC4)c3ccc(F)cc3)cc2)cc1OC. The van der Waals surface area contributed by atoms with Gasteiger partial charge in [-0.05, 0) is 91.5 Å². The van der Waals surface area contributed by atoms with Crippen molar-refractivity contribution in [1.29, 1.82) is 0 Å². The number of anilines is 1. The predicted octanol–water partition coefficient (Wildman–Crippen LogP) is 7.16. The summed E-state index contributed by atoms with van der Waals surface area (Å²) in [4.78, 5) is 30.9. The van der Waals surface area contributed by atoms with Crippen LogP contribution in [-0.2, 0) is 22.4 Å². The maximum atomic E-state index is 13.8. The number of piperidine rings is 3. The number of amides is 1. The summed E-state index contributed by atoms with van der Waals surface area (Å²) in [6.07, 6.45) is 2.80. The van der Waals surface area contributed by atoms with E-state index in [1.807, 2.05) is 0 Å². The summed E-state index contributed by atoms with van der Waals surface area (Å²) in [5.41, 5.74) is 2.45. The molecule has 13 heteroatoms. The third kappa shape index (κ3) is 8.07. The fraction of sp³-hybridized carbons (Fsp3) is 0.324. The number of carbonyl (C=O) groups is 2. The molecule has 2 atom stereocenters. The number of carbonyl (C=O) groups excluding carboxylic acids is 2. The number of aromatic nitrogens is 1. The van der Waals surface area contributed by atoms with Gasteiger partial charge in [-0.15, -0.1) is 0 Å². The Balaban J connectivity index is 1.21. The molecule has 0 N–H and O–H groups in total. The zero-order chi connectivity index (χ0) is 35.4. The minimum absolute atomic E-state index is 0.0617. The van der Waals surface area contributed by atoms with Gasteiger partial charge in [0, 0.05) is 24.2 Å². The molecule has 0 spiro atoms. The normalized spacial score (nSPS) is 18.6. The Morgan fingerprint density at radius 3 is 2.22 bits per heavy atom. The van der Waals surface area contributed by atoms with Crippen LogP contribution in [-0.4, -0.2) is 56.9 Å². The number of methoxy groups -OCH3 is 2. The molecule has 1 amide bonds. The Hall–Kier alpha value is -4.58. The molecule has 262 valence electrons. The largest absolute Gasteiger partial charge is 0.619 e. The zero-order valence-corrected chi connectivity index (χ0v) is 29.0. The average Bonchev–Trinajstić information content (AvgIpc) is 3.12. The number of fused-ring (bicyclic) bond motifs is 3. The van der Waals surface area contributed by atoms with E-state index in [0.29, 0.717) is 51.1 Å². The molecule has 2 bridgehead atoms. The number of hydrogen-bond acceptors (Lipinski definition) is 8. The van der Waals surface area contributed by atoms with E-state index in [1.165, 1.54) is 55.8 Å². The van der Waals surface area contributed by atoms with Crippen molar-refractivity contribution in [2.24, 2.45) is 5.92 Å². The molecule has 50 heavy (non-hydrogen) atoms. The maximum absolute atomic E-state index is 13.8. The lowest BCUT2D eigenvalue weighted by molar-refractivity contribution is -0.605. The number of benzene rings is 3. The van der Waals surface area contributed by atoms with Crippen LogP contribution in [0, 0.1) is 16.9 Å². The van der Waals surface area contributed by atoms with Crippen molar-refractivity contribution in [3.05, 3.63) is 122 Å². The summed E-state index contributed by atoms with van der Waals surface area (Å²) in [6.45, 7) is 2.86. The molecule has 0 aliphatic carbocycles. The lowest BCUT2D eigenvalue weighted by atomic mass is 9.86. The van der Waals surface area contributed by atoms with Crippen LogP contribution in [0.5, 0.6) is 11.5 Å². The predicted molar refractivity (Wildman–Crippen MR) is 185 cm³/mol. The molecule has 4 aromatic rings. The van der Waals surface area contributed by atoms with Crippen molar-refractivity contribution < 1.29 is 37.7 Å². The van der Waals surface area contributed by atoms with Gasteiger partial charge in [0.2, 0.25) is 0 Å². The minimum atomic E-state index is -0.880. The van der Waals surface area contributed by atoms with Crippen LogP contribution in [0.2, 0.25) is 10.0 Å². The molecule has 1 aromatic heterocycles. The lowest BCUT2D eigenvalue weighted by Gasteiger charge is -2.44. The minimum Gasteiger partial charge on any atom is -0.619 e. The smallest absolute Gasteiger partial charge is 0.414 e. The molecule has 3 fully saturated rings. The highest BCUT2D eigenvalue weighted by Crippen LogP contribution is 2.36. The number of esters is 1. The summed E-state index contributed by atoms with van der Waals surface area (Å²) in [6, 6.07) is 17.4. The molecule has 3 aliphatic rings. The third-order valence-electron chi connectivity index (χ3n) is 9.21. The van der Waals surface area contributed by atoms with Gasteiger partial charge in [0.05, 0.1) is 26.3 Å². The molecule has 7 rings (SSSR count). The number of hydrogen-bond donors (Lipinski definition) is 0. The van der Waals surface area contributed by atoms with E-state index >= 15 is 0 Å². The Labute approximate surface area is 299 Å². The van der Waals surface area contributed by atoms with Crippen LogP contribution in [0.15, 0.2) is 79.1 Å². The van der Waals surface area contributed by atoms with E-state index in [0.717, 1.165) is 25.9 Å². The second-order valence-electron chi connectivity index (χ2n) is 12.3. The summed E-state index contributed by atoms with van der Waals surface area (Å²) in [7, 11) is 3.01. The van der Waals surface area contributed by atoms with Gasteiger partial charge in [0.1, 0.15) is 28.1 Å². The van der Waals surface area contributed by atoms with Gasteiger partial charge in [0.25, 0.3) is 0 Å². The molecule has 0 unspecified atom stereocenters. The van der Waals surface area contributed by atoms with E-state index in [4.69, 9.17) is 42.1 Å². The number of halogens is 3. The fourth-order valence-electron chi connectivity index (χ4n) is 6.44. The van der Waals surface area contributed by atoms with Crippen LogP contribution in [0.1, 0.15) is 46.0 Å². The Kier molecular flexibility index (Phi) is 11.0. The van der Waals surface area contributed by atoms with Gasteiger partial charge in [-0.2, -0.15) is 4.73 Å². The second-order valence-corrected chi connectivity index (χ2v) is 13.1. The summed E-state index contributed by atoms with van der Waals surface area (Å²) < 4.78 is 37.2. The van der Waals surface area contributed by atoms with Crippen molar-refractivity contribution >= 4 is 41.0 Å². The Morgan fingerprint density at radius 2 is 1.62 bits per heavy atom. The first kappa shape index (κ1) is 35.3. The van der Waals surface area contributed by atoms with Gasteiger partial charge in [-0.3, -0.25) is 9.80 Å². The highest BCUT2D eigenvalue weighted by molar-refractivity contribution is 6.35. The topological polar surface area (TPSA) is 104 Å². The van der Waals surface area contributed by atoms with Crippen molar-refractivity contribution in [2.45, 2.75) is 38.0 Å². The summed E-state index contributed by atoms with van der Waals surface area (Å²) in [5.74, 6) is 0.192. The van der Waals surface area contributed by atoms with Gasteiger partial charge in [-0.1, -0.05) is 41.4 Å². The van der Waals surface area contributed by atoms with Gasteiger partial charge < -0.3 is 24.2 Å². The average molecular weight is 725 g/mol. The van der Waals surface area contributed by atoms with Crippen LogP contribution in [0.4, 0.5) is 14.9 Å². The van der Waals surface area contributed by atoms with E-state index in [9.17, 15) is 19.2 Å². The number of nitrogens with zero attached hydrogens (tertiary/aromatic N) is 3. The van der Waals surface area contributed by atoms with E-state index in [-0.39, 0.29) is 34.7 Å². The van der Waals surface area contributed by atoms with Crippen LogP contribution in [0.3, 0.4) is 0 Å². The first-order valence-corrected chi connectivity index (χ1v) is 16.9. The summed E-state index contributed by atoms with van der Waals surface area (Å²) in [5, 5.41) is 12.1. The van der Waals surface area contributed by atoms with Crippen LogP contribution >= 0.6 is 23.2 Å². The monoisotopic (exact) mass is 723 g/mol. The maximum Gasteiger partial charge on any atom is 0.414 e. The highest BCUT2D eigenvalue weighted by atomic mass is 35.5. The van der Waals surface area contributed by atoms with Crippen molar-refractivity contribution in [3.8, 4) is 11.5 Å². The first-order chi connectivity index (χ1) is 24.1. The van der Waals surface area contributed by atoms with Crippen molar-refractivity contribution in [3.63, 3.8) is 0 Å². The third-order valence-corrected chi connectivity index (χ3v) is 9.86. The highest BCUT2D eigenvalue weighted by Gasteiger charge is 2.37. The molecule has 3 aliphatic heterocycles. The molecule has 3 saturated heterocycles. The van der Waals surface area contributed by atoms with E-state index in [1.54, 1.807) is 42.5 Å². The van der Waals surface area contributed by atoms with Crippen molar-refractivity contribution in [2.75, 3.05) is 38.8 Å². The van der Waals surface area contributed by atoms with Crippen LogP contribution in [0.25, 0.3) is 0 Å². The fourth-order valence-corrected chi connectivity index (χ4v) is 7.04. The van der Waals surface area contributed by atoms with Gasteiger partial charge in [-0.25, -0.2) is 14.0 Å². The standard InChI is InChI=1S/C37H36Cl2FN3O7/c1-47-32-12-7-26(17-34(32)48-2)33(18-29-30(38)20-42(46)21-31(29)39)49-36(44)25-5-3-23(4-6-25)19-43(28-10-8-27(40)9-11-28)37(45)50-35-22-41-15-13-24(35)14-16-41/h3-12,17,20-21,24,33,35H,13-16,18-19,22H2,1-2H3/t33-,35-/m0/s1. The summed E-state index contributed by atoms with van der Waals surface area (Å²) >= 11 is 12.8. The zero-order valence-electron chi connectivity index (χ0n) is 27.5. The molecular weight excluding hydrogens is 688 g/mol. The number of pyridine rings is 1. The van der Waals surface area contributed by atoms with Gasteiger partial charge >= 0.3 is 12.1 Å². The molecule has 0 radical (unpaired) electrons. The lowest BCUT2D eigenvalue weighted by Crippen LogP contribution is -2.53. The number of ether oxygens (including phenoxy) is 4. The molecule has 10 nitrogen and oxygen atoms in total. The molecular formula is C37H36Cl2FN3O7. The van der Waals surface area contributed by atoms with Gasteiger partial charge in [0.15, 0.2) is 23.9 Å². The quantitative estimate of drug-likeness (QED) is 0.0913. The first-order valence-electron chi connectivity index (χ1n) is 16.2. The number of rotatable bonds is 11. The second kappa shape index (κ2) is 15.5. The molecule has 0 saturated carbocycles. The Bertz CT molecular complexity index is 1810.